The summed E-state index contributed by atoms with van der Waals surface area (Å²) in [5, 5.41) is 9.04. The first-order chi connectivity index (χ1) is 8.17. The lowest BCUT2D eigenvalue weighted by molar-refractivity contribution is -0.142. The lowest BCUT2D eigenvalue weighted by Gasteiger charge is -2.24. The maximum Gasteiger partial charge on any atom is 0.306 e. The molecule has 4 heteroatoms. The third kappa shape index (κ3) is 2.02. The monoisotopic (exact) mass is 234 g/mol. The first kappa shape index (κ1) is 11.6. The van der Waals surface area contributed by atoms with Gasteiger partial charge >= 0.3 is 5.97 Å². The molecule has 17 heavy (non-hydrogen) atoms. The first-order valence-corrected chi connectivity index (χ1v) is 5.54. The molecule has 90 valence electrons. The van der Waals surface area contributed by atoms with E-state index in [1.54, 1.807) is 19.2 Å². The van der Waals surface area contributed by atoms with Crippen molar-refractivity contribution < 1.29 is 19.4 Å². The van der Waals surface area contributed by atoms with Gasteiger partial charge < -0.3 is 9.84 Å². The third-order valence-corrected chi connectivity index (χ3v) is 3.31. The molecule has 0 heterocycles. The van der Waals surface area contributed by atoms with Gasteiger partial charge in [-0.1, -0.05) is 0 Å². The summed E-state index contributed by atoms with van der Waals surface area (Å²) in [6, 6.07) is 3.46. The summed E-state index contributed by atoms with van der Waals surface area (Å²) in [7, 11) is 1.56. The second kappa shape index (κ2) is 4.57. The van der Waals surface area contributed by atoms with Crippen LogP contribution in [0.25, 0.3) is 0 Å². The van der Waals surface area contributed by atoms with E-state index < -0.39 is 5.97 Å². The van der Waals surface area contributed by atoms with Gasteiger partial charge in [0.15, 0.2) is 0 Å². The Morgan fingerprint density at radius 1 is 1.47 bits per heavy atom. The number of methoxy groups -OCH3 is 1. The van der Waals surface area contributed by atoms with Crippen LogP contribution >= 0.6 is 0 Å². The Hall–Kier alpha value is -1.84. The number of carboxylic acids is 1. The van der Waals surface area contributed by atoms with Crippen LogP contribution in [0, 0.1) is 5.92 Å². The summed E-state index contributed by atoms with van der Waals surface area (Å²) < 4.78 is 5.23. The predicted octanol–water partition coefficient (Wildman–Crippen LogP) is 1.70. The molecule has 0 spiro atoms. The Morgan fingerprint density at radius 3 is 2.82 bits per heavy atom. The number of carbonyl (C=O) groups excluding carboxylic acids is 1. The number of aliphatic carboxylic acids is 1. The highest BCUT2D eigenvalue weighted by Crippen LogP contribution is 2.34. The van der Waals surface area contributed by atoms with Crippen molar-refractivity contribution in [2.75, 3.05) is 7.11 Å². The molecule has 0 saturated carbocycles. The quantitative estimate of drug-likeness (QED) is 0.808. The van der Waals surface area contributed by atoms with E-state index in [9.17, 15) is 9.59 Å². The molecule has 0 radical (unpaired) electrons. The van der Waals surface area contributed by atoms with E-state index in [2.05, 4.69) is 0 Å². The van der Waals surface area contributed by atoms with Crippen molar-refractivity contribution in [1.82, 2.24) is 0 Å². The topological polar surface area (TPSA) is 63.6 Å². The molecule has 2 rings (SSSR count). The average Bonchev–Trinajstić information content (AvgIpc) is 2.36. The maximum atomic E-state index is 11.0. The Labute approximate surface area is 99.2 Å². The molecule has 0 amide bonds. The minimum atomic E-state index is -0.783. The van der Waals surface area contributed by atoms with E-state index in [0.29, 0.717) is 30.6 Å². The Balaban J connectivity index is 2.46. The van der Waals surface area contributed by atoms with Gasteiger partial charge in [0.1, 0.15) is 12.0 Å². The van der Waals surface area contributed by atoms with Crippen LogP contribution in [-0.2, 0) is 17.6 Å². The highest BCUT2D eigenvalue weighted by molar-refractivity contribution is 5.80. The maximum absolute atomic E-state index is 11.0. The van der Waals surface area contributed by atoms with Crippen molar-refractivity contribution in [2.45, 2.75) is 19.3 Å². The summed E-state index contributed by atoms with van der Waals surface area (Å²) in [6.45, 7) is 0. The zero-order valence-electron chi connectivity index (χ0n) is 9.60. The zero-order chi connectivity index (χ0) is 12.4. The Bertz CT molecular complexity index is 465. The number of fused-ring (bicyclic) bond motifs is 1. The fourth-order valence-corrected chi connectivity index (χ4v) is 2.39. The lowest BCUT2D eigenvalue weighted by atomic mass is 9.81. The number of rotatable bonds is 3. The number of carbonyl (C=O) groups is 2. The van der Waals surface area contributed by atoms with Crippen LogP contribution in [0.5, 0.6) is 5.75 Å². The van der Waals surface area contributed by atoms with Crippen molar-refractivity contribution >= 4 is 12.3 Å². The van der Waals surface area contributed by atoms with Crippen LogP contribution in [-0.4, -0.2) is 24.5 Å². The molecule has 0 fully saturated rings. The van der Waals surface area contributed by atoms with Crippen LogP contribution in [0.2, 0.25) is 0 Å². The van der Waals surface area contributed by atoms with E-state index in [1.165, 1.54) is 0 Å². The summed E-state index contributed by atoms with van der Waals surface area (Å²) >= 11 is 0. The molecule has 1 atom stereocenters. The fraction of sp³-hybridized carbons (Fsp3) is 0.385. The molecule has 1 aliphatic carbocycles. The van der Waals surface area contributed by atoms with Gasteiger partial charge in [0.25, 0.3) is 0 Å². The highest BCUT2D eigenvalue weighted by Gasteiger charge is 2.27. The van der Waals surface area contributed by atoms with Crippen LogP contribution in [0.4, 0.5) is 0 Å². The van der Waals surface area contributed by atoms with Crippen LogP contribution in [0.3, 0.4) is 0 Å². The average molecular weight is 234 g/mol. The number of aldehydes is 1. The summed E-state index contributed by atoms with van der Waals surface area (Å²) in [6.07, 6.45) is 2.46. The van der Waals surface area contributed by atoms with Gasteiger partial charge in [-0.2, -0.15) is 0 Å². The Morgan fingerprint density at radius 2 is 2.24 bits per heavy atom. The van der Waals surface area contributed by atoms with E-state index in [1.807, 2.05) is 0 Å². The summed E-state index contributed by atoms with van der Waals surface area (Å²) in [5.74, 6) is -0.482. The molecule has 0 saturated heterocycles. The number of carboxylic acid groups (broad SMARTS) is 1. The van der Waals surface area contributed by atoms with Gasteiger partial charge in [0.05, 0.1) is 13.0 Å². The van der Waals surface area contributed by atoms with E-state index in [0.717, 1.165) is 17.4 Å². The molecule has 1 unspecified atom stereocenters. The van der Waals surface area contributed by atoms with Gasteiger partial charge in [-0.05, 0) is 42.5 Å². The normalized spacial score (nSPS) is 18.3. The second-order valence-corrected chi connectivity index (χ2v) is 4.21. The predicted molar refractivity (Wildman–Crippen MR) is 61.5 cm³/mol. The standard InChI is InChI=1S/C13H14O4/c1-17-12-5-3-9(7-14)10-4-2-8(13(15)16)6-11(10)12/h3,5,7-8H,2,4,6H2,1H3,(H,15,16). The number of benzene rings is 1. The lowest BCUT2D eigenvalue weighted by Crippen LogP contribution is -2.23. The molecule has 1 N–H and O–H groups in total. The summed E-state index contributed by atoms with van der Waals surface area (Å²) in [4.78, 5) is 21.9. The van der Waals surface area contributed by atoms with E-state index >= 15 is 0 Å². The molecule has 1 aliphatic rings. The SMILES string of the molecule is COc1ccc(C=O)c2c1CC(C(=O)O)CC2. The highest BCUT2D eigenvalue weighted by atomic mass is 16.5. The minimum absolute atomic E-state index is 0.377. The van der Waals surface area contributed by atoms with Crippen molar-refractivity contribution in [3.63, 3.8) is 0 Å². The molecular weight excluding hydrogens is 220 g/mol. The zero-order valence-corrected chi connectivity index (χ0v) is 9.60. The molecule has 4 nitrogen and oxygen atoms in total. The molecule has 0 aromatic heterocycles. The van der Waals surface area contributed by atoms with Gasteiger partial charge in [0.2, 0.25) is 0 Å². The molecule has 0 bridgehead atoms. The van der Waals surface area contributed by atoms with E-state index in [4.69, 9.17) is 9.84 Å². The van der Waals surface area contributed by atoms with E-state index in [-0.39, 0.29) is 5.92 Å². The molecule has 1 aromatic carbocycles. The minimum Gasteiger partial charge on any atom is -0.496 e. The van der Waals surface area contributed by atoms with Crippen molar-refractivity contribution in [3.8, 4) is 5.75 Å². The summed E-state index contributed by atoms with van der Waals surface area (Å²) in [5.41, 5.74) is 2.46. The largest absolute Gasteiger partial charge is 0.496 e. The first-order valence-electron chi connectivity index (χ1n) is 5.54. The van der Waals surface area contributed by atoms with Gasteiger partial charge in [-0.15, -0.1) is 0 Å². The Kier molecular flexibility index (Phi) is 3.13. The van der Waals surface area contributed by atoms with Crippen LogP contribution in [0.1, 0.15) is 27.9 Å². The third-order valence-electron chi connectivity index (χ3n) is 3.31. The number of hydrogen-bond acceptors (Lipinski definition) is 3. The van der Waals surface area contributed by atoms with Gasteiger partial charge in [0, 0.05) is 5.56 Å². The van der Waals surface area contributed by atoms with Crippen molar-refractivity contribution in [2.24, 2.45) is 5.92 Å². The van der Waals surface area contributed by atoms with Crippen LogP contribution < -0.4 is 4.74 Å². The smallest absolute Gasteiger partial charge is 0.306 e. The molecule has 0 aliphatic heterocycles. The van der Waals surface area contributed by atoms with Gasteiger partial charge in [-0.25, -0.2) is 0 Å². The van der Waals surface area contributed by atoms with Crippen molar-refractivity contribution in [1.29, 1.82) is 0 Å². The molecular formula is C13H14O4. The number of ether oxygens (including phenoxy) is 1. The second-order valence-electron chi connectivity index (χ2n) is 4.21. The van der Waals surface area contributed by atoms with Crippen LogP contribution in [0.15, 0.2) is 12.1 Å². The van der Waals surface area contributed by atoms with Gasteiger partial charge in [-0.3, -0.25) is 9.59 Å². The number of hydrogen-bond donors (Lipinski definition) is 1. The van der Waals surface area contributed by atoms with Crippen molar-refractivity contribution in [3.05, 3.63) is 28.8 Å². The fourth-order valence-electron chi connectivity index (χ4n) is 2.39. The molecule has 1 aromatic rings.